The molecule has 0 saturated carbocycles. The van der Waals surface area contributed by atoms with E-state index in [1.807, 2.05) is 0 Å². The van der Waals surface area contributed by atoms with E-state index in [1.54, 1.807) is 80.4 Å². The van der Waals surface area contributed by atoms with Gasteiger partial charge < -0.3 is 14.7 Å². The van der Waals surface area contributed by atoms with E-state index in [2.05, 4.69) is 9.97 Å². The Balaban J connectivity index is 1.83. The molecule has 1 unspecified atom stereocenters. The third-order valence-corrected chi connectivity index (χ3v) is 5.01. The molecule has 1 amide bonds. The number of hydrogen-bond donors (Lipinski definition) is 1. The zero-order valence-electron chi connectivity index (χ0n) is 16.2. The van der Waals surface area contributed by atoms with Crippen LogP contribution in [-0.4, -0.2) is 38.8 Å². The smallest absolute Gasteiger partial charge is 0.295 e. The zero-order valence-corrected chi connectivity index (χ0v) is 16.2. The quantitative estimate of drug-likeness (QED) is 0.401. The SMILES string of the molecule is COc1ccc(/C(O)=C2/C(=O)C(=O)N(Cc3ccncc3)C2c2cccnc2)cc1. The summed E-state index contributed by atoms with van der Waals surface area (Å²) in [5.74, 6) is -1.02. The minimum Gasteiger partial charge on any atom is -0.507 e. The molecule has 0 bridgehead atoms. The van der Waals surface area contributed by atoms with Crippen LogP contribution in [0.15, 0.2) is 78.9 Å². The molecule has 1 aliphatic heterocycles. The number of pyridine rings is 2. The fourth-order valence-corrected chi connectivity index (χ4v) is 3.52. The minimum atomic E-state index is -0.756. The van der Waals surface area contributed by atoms with E-state index in [9.17, 15) is 14.7 Å². The van der Waals surface area contributed by atoms with E-state index in [4.69, 9.17) is 4.74 Å². The molecular weight excluding hydrogens is 382 g/mol. The fourth-order valence-electron chi connectivity index (χ4n) is 3.52. The normalized spacial score (nSPS) is 17.9. The molecule has 1 N–H and O–H groups in total. The molecule has 1 atom stereocenters. The average molecular weight is 401 g/mol. The Morgan fingerprint density at radius 1 is 1.03 bits per heavy atom. The Morgan fingerprint density at radius 3 is 2.40 bits per heavy atom. The monoisotopic (exact) mass is 401 g/mol. The fraction of sp³-hybridized carbons (Fsp3) is 0.130. The predicted octanol–water partition coefficient (Wildman–Crippen LogP) is 3.11. The van der Waals surface area contributed by atoms with E-state index >= 15 is 0 Å². The highest BCUT2D eigenvalue weighted by Crippen LogP contribution is 2.40. The topological polar surface area (TPSA) is 92.6 Å². The Kier molecular flexibility index (Phi) is 5.26. The van der Waals surface area contributed by atoms with Crippen molar-refractivity contribution in [1.82, 2.24) is 14.9 Å². The van der Waals surface area contributed by atoms with Gasteiger partial charge in [0.1, 0.15) is 11.5 Å². The highest BCUT2D eigenvalue weighted by molar-refractivity contribution is 6.46. The number of methoxy groups -OCH3 is 1. The van der Waals surface area contributed by atoms with Crippen molar-refractivity contribution >= 4 is 17.4 Å². The van der Waals surface area contributed by atoms with Crippen molar-refractivity contribution in [3.8, 4) is 5.75 Å². The van der Waals surface area contributed by atoms with Crippen LogP contribution in [0.2, 0.25) is 0 Å². The average Bonchev–Trinajstić information content (AvgIpc) is 3.05. The second kappa shape index (κ2) is 8.16. The number of rotatable bonds is 5. The molecule has 7 nitrogen and oxygen atoms in total. The molecule has 3 aromatic rings. The molecule has 1 aromatic carbocycles. The molecule has 30 heavy (non-hydrogen) atoms. The highest BCUT2D eigenvalue weighted by atomic mass is 16.5. The number of amides is 1. The number of ketones is 1. The van der Waals surface area contributed by atoms with Crippen molar-refractivity contribution in [3.05, 3.63) is 95.6 Å². The maximum Gasteiger partial charge on any atom is 0.295 e. The van der Waals surface area contributed by atoms with Crippen LogP contribution < -0.4 is 4.74 Å². The summed E-state index contributed by atoms with van der Waals surface area (Å²) in [6.07, 6.45) is 6.46. The van der Waals surface area contributed by atoms with E-state index in [1.165, 1.54) is 4.90 Å². The Bertz CT molecular complexity index is 1100. The summed E-state index contributed by atoms with van der Waals surface area (Å²) in [5.41, 5.74) is 1.92. The molecule has 1 saturated heterocycles. The number of benzene rings is 1. The van der Waals surface area contributed by atoms with Gasteiger partial charge in [-0.3, -0.25) is 19.6 Å². The van der Waals surface area contributed by atoms with Crippen LogP contribution in [0.3, 0.4) is 0 Å². The number of Topliss-reactive ketones (excluding diaryl/α,β-unsaturated/α-hetero) is 1. The number of aliphatic hydroxyl groups excluding tert-OH is 1. The van der Waals surface area contributed by atoms with E-state index < -0.39 is 17.7 Å². The summed E-state index contributed by atoms with van der Waals surface area (Å²) in [7, 11) is 1.54. The van der Waals surface area contributed by atoms with Crippen LogP contribution in [0.5, 0.6) is 5.75 Å². The third kappa shape index (κ3) is 3.53. The molecule has 0 spiro atoms. The molecule has 0 radical (unpaired) electrons. The summed E-state index contributed by atoms with van der Waals surface area (Å²) in [4.78, 5) is 35.4. The molecule has 1 fully saturated rings. The van der Waals surface area contributed by atoms with Gasteiger partial charge >= 0.3 is 0 Å². The van der Waals surface area contributed by atoms with Crippen molar-refractivity contribution in [2.45, 2.75) is 12.6 Å². The number of nitrogens with zero attached hydrogens (tertiary/aromatic N) is 3. The second-order valence-electron chi connectivity index (χ2n) is 6.80. The molecule has 1 aliphatic rings. The van der Waals surface area contributed by atoms with Gasteiger partial charge in [0.15, 0.2) is 0 Å². The largest absolute Gasteiger partial charge is 0.507 e. The summed E-state index contributed by atoms with van der Waals surface area (Å²) in [5, 5.41) is 11.0. The van der Waals surface area contributed by atoms with Gasteiger partial charge in [-0.25, -0.2) is 0 Å². The van der Waals surface area contributed by atoms with Crippen molar-refractivity contribution in [3.63, 3.8) is 0 Å². The van der Waals surface area contributed by atoms with E-state index in [0.717, 1.165) is 5.56 Å². The highest BCUT2D eigenvalue weighted by Gasteiger charge is 2.46. The molecular formula is C23H19N3O4. The van der Waals surface area contributed by atoms with E-state index in [-0.39, 0.29) is 17.9 Å². The third-order valence-electron chi connectivity index (χ3n) is 5.01. The number of carbonyl (C=O) groups is 2. The number of carbonyl (C=O) groups excluding carboxylic acids is 2. The first-order chi connectivity index (χ1) is 14.6. The lowest BCUT2D eigenvalue weighted by Crippen LogP contribution is -2.29. The maximum absolute atomic E-state index is 13.0. The van der Waals surface area contributed by atoms with Crippen molar-refractivity contribution in [2.75, 3.05) is 7.11 Å². The number of ether oxygens (including phenoxy) is 1. The summed E-state index contributed by atoms with van der Waals surface area (Å²) < 4.78 is 5.15. The second-order valence-corrected chi connectivity index (χ2v) is 6.80. The zero-order chi connectivity index (χ0) is 21.1. The standard InChI is InChI=1S/C23H19N3O4/c1-30-18-6-4-16(5-7-18)21(27)19-20(17-3-2-10-25-13-17)26(23(29)22(19)28)14-15-8-11-24-12-9-15/h2-13,20,27H,14H2,1H3/b21-19-. The Labute approximate surface area is 173 Å². The number of likely N-dealkylation sites (tertiary alicyclic amines) is 1. The lowest BCUT2D eigenvalue weighted by Gasteiger charge is -2.25. The van der Waals surface area contributed by atoms with Crippen LogP contribution in [0, 0.1) is 0 Å². The predicted molar refractivity (Wildman–Crippen MR) is 109 cm³/mol. The molecule has 2 aromatic heterocycles. The lowest BCUT2D eigenvalue weighted by molar-refractivity contribution is -0.140. The van der Waals surface area contributed by atoms with Crippen LogP contribution in [-0.2, 0) is 16.1 Å². The Morgan fingerprint density at radius 2 is 1.77 bits per heavy atom. The summed E-state index contributed by atoms with van der Waals surface area (Å²) in [6.45, 7) is 0.200. The van der Waals surface area contributed by atoms with Crippen molar-refractivity contribution in [1.29, 1.82) is 0 Å². The number of hydrogen-bond acceptors (Lipinski definition) is 6. The van der Waals surface area contributed by atoms with Crippen LogP contribution >= 0.6 is 0 Å². The lowest BCUT2D eigenvalue weighted by atomic mass is 9.96. The first-order valence-corrected chi connectivity index (χ1v) is 9.32. The van der Waals surface area contributed by atoms with Crippen molar-refractivity contribution < 1.29 is 19.4 Å². The van der Waals surface area contributed by atoms with Gasteiger partial charge in [-0.2, -0.15) is 0 Å². The van der Waals surface area contributed by atoms with Crippen molar-refractivity contribution in [2.24, 2.45) is 0 Å². The molecule has 3 heterocycles. The first kappa shape index (κ1) is 19.3. The van der Waals surface area contributed by atoms with Gasteiger partial charge in [0.25, 0.3) is 11.7 Å². The number of aromatic nitrogens is 2. The minimum absolute atomic E-state index is 0.0345. The molecule has 150 valence electrons. The first-order valence-electron chi connectivity index (χ1n) is 9.32. The van der Waals surface area contributed by atoms with Gasteiger partial charge in [0, 0.05) is 36.9 Å². The van der Waals surface area contributed by atoms with Gasteiger partial charge in [0.2, 0.25) is 0 Å². The molecule has 0 aliphatic carbocycles. The summed E-state index contributed by atoms with van der Waals surface area (Å²) >= 11 is 0. The summed E-state index contributed by atoms with van der Waals surface area (Å²) in [6, 6.07) is 13.0. The van der Waals surface area contributed by atoms with Gasteiger partial charge in [-0.05, 0) is 53.6 Å². The maximum atomic E-state index is 13.0. The van der Waals surface area contributed by atoms with Gasteiger partial charge in [-0.15, -0.1) is 0 Å². The number of aliphatic hydroxyl groups is 1. The molecule has 7 heteroatoms. The van der Waals surface area contributed by atoms with Crippen LogP contribution in [0.25, 0.3) is 5.76 Å². The Hall–Kier alpha value is -4.00. The van der Waals surface area contributed by atoms with Crippen LogP contribution in [0.1, 0.15) is 22.7 Å². The van der Waals surface area contributed by atoms with Crippen LogP contribution in [0.4, 0.5) is 0 Å². The molecule has 4 rings (SSSR count). The van der Waals surface area contributed by atoms with Gasteiger partial charge in [-0.1, -0.05) is 6.07 Å². The van der Waals surface area contributed by atoms with Gasteiger partial charge in [0.05, 0.1) is 18.7 Å². The van der Waals surface area contributed by atoms with E-state index in [0.29, 0.717) is 16.9 Å².